The summed E-state index contributed by atoms with van der Waals surface area (Å²) < 4.78 is 31.5. The molecule has 37 heavy (non-hydrogen) atoms. The normalized spacial score (nSPS) is 12.1. The van der Waals surface area contributed by atoms with E-state index in [1.807, 2.05) is 6.92 Å². The van der Waals surface area contributed by atoms with Crippen LogP contribution in [-0.2, 0) is 26.2 Å². The highest BCUT2D eigenvalue weighted by Gasteiger charge is 2.32. The van der Waals surface area contributed by atoms with Gasteiger partial charge in [-0.1, -0.05) is 61.1 Å². The van der Waals surface area contributed by atoms with Crippen LogP contribution in [0.3, 0.4) is 0 Å². The SMILES string of the molecule is CCCCNC(=O)C(CC)N(Cc1ccc(Cl)cc1Cl)C(=O)CN(c1ccc(OC)c(Cl)c1)S(C)(=O)=O. The lowest BCUT2D eigenvalue weighted by Gasteiger charge is -2.33. The zero-order valence-corrected chi connectivity index (χ0v) is 24.3. The Labute approximate surface area is 233 Å². The molecule has 0 aliphatic heterocycles. The Hall–Kier alpha value is -2.20. The Kier molecular flexibility index (Phi) is 11.8. The average Bonchev–Trinajstić information content (AvgIpc) is 2.83. The van der Waals surface area contributed by atoms with Gasteiger partial charge < -0.3 is 15.0 Å². The summed E-state index contributed by atoms with van der Waals surface area (Å²) in [7, 11) is -2.46. The molecule has 2 aromatic rings. The number of ether oxygens (including phenoxy) is 1. The van der Waals surface area contributed by atoms with Crippen molar-refractivity contribution >= 4 is 62.3 Å². The van der Waals surface area contributed by atoms with Crippen molar-refractivity contribution < 1.29 is 22.7 Å². The highest BCUT2D eigenvalue weighted by atomic mass is 35.5. The summed E-state index contributed by atoms with van der Waals surface area (Å²) in [6.45, 7) is 3.69. The van der Waals surface area contributed by atoms with Gasteiger partial charge in [-0.25, -0.2) is 8.42 Å². The van der Waals surface area contributed by atoms with E-state index in [2.05, 4.69) is 5.32 Å². The molecule has 0 aliphatic rings. The first-order valence-electron chi connectivity index (χ1n) is 11.7. The fourth-order valence-corrected chi connectivity index (χ4v) is 5.24. The zero-order chi connectivity index (χ0) is 27.8. The molecule has 1 N–H and O–H groups in total. The van der Waals surface area contributed by atoms with Crippen molar-refractivity contribution in [1.82, 2.24) is 10.2 Å². The molecule has 0 bridgehead atoms. The van der Waals surface area contributed by atoms with E-state index in [4.69, 9.17) is 39.5 Å². The third-order valence-corrected chi connectivity index (χ3v) is 7.70. The Morgan fingerprint density at radius 2 is 1.76 bits per heavy atom. The molecule has 1 atom stereocenters. The molecule has 204 valence electrons. The van der Waals surface area contributed by atoms with Gasteiger partial charge in [-0.3, -0.25) is 13.9 Å². The smallest absolute Gasteiger partial charge is 0.244 e. The number of carbonyl (C=O) groups is 2. The Bertz CT molecular complexity index is 1210. The predicted molar refractivity (Wildman–Crippen MR) is 149 cm³/mol. The van der Waals surface area contributed by atoms with Crippen molar-refractivity contribution in [2.45, 2.75) is 45.7 Å². The van der Waals surface area contributed by atoms with E-state index in [0.29, 0.717) is 34.3 Å². The van der Waals surface area contributed by atoms with Crippen molar-refractivity contribution in [1.29, 1.82) is 0 Å². The number of rotatable bonds is 13. The fourth-order valence-electron chi connectivity index (χ4n) is 3.68. The average molecular weight is 593 g/mol. The van der Waals surface area contributed by atoms with Crippen LogP contribution in [0.15, 0.2) is 36.4 Å². The summed E-state index contributed by atoms with van der Waals surface area (Å²) in [4.78, 5) is 28.1. The standard InChI is InChI=1S/C25H32Cl3N3O5S/c1-5-7-12-29-25(33)22(6-2)30(15-17-8-9-18(26)13-20(17)27)24(32)16-31(37(4,34)35)19-10-11-23(36-3)21(28)14-19/h8-11,13-14,22H,5-7,12,15-16H2,1-4H3,(H,29,33). The molecule has 12 heteroatoms. The number of nitrogens with zero attached hydrogens (tertiary/aromatic N) is 2. The number of amides is 2. The van der Waals surface area contributed by atoms with Gasteiger partial charge in [0.2, 0.25) is 21.8 Å². The van der Waals surface area contributed by atoms with Crippen molar-refractivity contribution in [2.75, 3.05) is 30.8 Å². The number of halogens is 3. The lowest BCUT2D eigenvalue weighted by atomic mass is 10.1. The maximum atomic E-state index is 13.7. The molecule has 0 fully saturated rings. The first-order chi connectivity index (χ1) is 17.4. The minimum absolute atomic E-state index is 0.0183. The molecule has 0 aliphatic carbocycles. The van der Waals surface area contributed by atoms with Crippen LogP contribution in [-0.4, -0.2) is 57.6 Å². The van der Waals surface area contributed by atoms with Crippen LogP contribution in [0.25, 0.3) is 0 Å². The molecule has 0 heterocycles. The summed E-state index contributed by atoms with van der Waals surface area (Å²) in [6.07, 6.45) is 2.99. The van der Waals surface area contributed by atoms with Crippen molar-refractivity contribution in [2.24, 2.45) is 0 Å². The van der Waals surface area contributed by atoms with Gasteiger partial charge in [0.15, 0.2) is 0 Å². The number of methoxy groups -OCH3 is 1. The second-order valence-corrected chi connectivity index (χ2v) is 11.6. The van der Waals surface area contributed by atoms with Crippen LogP contribution >= 0.6 is 34.8 Å². The highest BCUT2D eigenvalue weighted by Crippen LogP contribution is 2.30. The van der Waals surface area contributed by atoms with E-state index in [0.717, 1.165) is 23.4 Å². The summed E-state index contributed by atoms with van der Waals surface area (Å²) in [5.41, 5.74) is 0.754. The molecule has 2 rings (SSSR count). The van der Waals surface area contributed by atoms with E-state index in [-0.39, 0.29) is 23.2 Å². The lowest BCUT2D eigenvalue weighted by molar-refractivity contribution is -0.140. The highest BCUT2D eigenvalue weighted by molar-refractivity contribution is 7.92. The van der Waals surface area contributed by atoms with Gasteiger partial charge in [-0.15, -0.1) is 0 Å². The van der Waals surface area contributed by atoms with Gasteiger partial charge in [-0.05, 0) is 48.7 Å². The van der Waals surface area contributed by atoms with Crippen LogP contribution in [0.5, 0.6) is 5.75 Å². The van der Waals surface area contributed by atoms with Crippen LogP contribution in [0.1, 0.15) is 38.7 Å². The Balaban J connectivity index is 2.47. The zero-order valence-electron chi connectivity index (χ0n) is 21.3. The maximum Gasteiger partial charge on any atom is 0.244 e. The number of benzene rings is 2. The molecule has 0 aromatic heterocycles. The van der Waals surface area contributed by atoms with Crippen molar-refractivity contribution in [3.8, 4) is 5.75 Å². The van der Waals surface area contributed by atoms with Crippen LogP contribution in [0.4, 0.5) is 5.69 Å². The summed E-state index contributed by atoms with van der Waals surface area (Å²) >= 11 is 18.6. The predicted octanol–water partition coefficient (Wildman–Crippen LogP) is 5.15. The van der Waals surface area contributed by atoms with Crippen LogP contribution in [0.2, 0.25) is 15.1 Å². The van der Waals surface area contributed by atoms with E-state index in [1.165, 1.54) is 30.2 Å². The second-order valence-electron chi connectivity index (χ2n) is 8.41. The summed E-state index contributed by atoms with van der Waals surface area (Å²) in [5, 5.41) is 3.81. The van der Waals surface area contributed by atoms with Gasteiger partial charge in [-0.2, -0.15) is 0 Å². The first kappa shape index (κ1) is 31.0. The molecule has 2 aromatic carbocycles. The van der Waals surface area contributed by atoms with Gasteiger partial charge in [0, 0.05) is 23.1 Å². The quantitative estimate of drug-likeness (QED) is 0.325. The van der Waals surface area contributed by atoms with Crippen molar-refractivity contribution in [3.05, 3.63) is 57.0 Å². The minimum atomic E-state index is -3.90. The number of sulfonamides is 1. The van der Waals surface area contributed by atoms with Gasteiger partial charge in [0.1, 0.15) is 18.3 Å². The number of carbonyl (C=O) groups excluding carboxylic acids is 2. The molecule has 1 unspecified atom stereocenters. The molecule has 2 amide bonds. The molecule has 0 saturated carbocycles. The van der Waals surface area contributed by atoms with Gasteiger partial charge in [0.25, 0.3) is 0 Å². The third kappa shape index (κ3) is 8.67. The minimum Gasteiger partial charge on any atom is -0.495 e. The van der Waals surface area contributed by atoms with E-state index < -0.39 is 28.5 Å². The van der Waals surface area contributed by atoms with Crippen LogP contribution < -0.4 is 14.4 Å². The van der Waals surface area contributed by atoms with Crippen LogP contribution in [0, 0.1) is 0 Å². The molecule has 0 saturated heterocycles. The monoisotopic (exact) mass is 591 g/mol. The maximum absolute atomic E-state index is 13.7. The number of hydrogen-bond acceptors (Lipinski definition) is 5. The molecule has 8 nitrogen and oxygen atoms in total. The number of anilines is 1. The number of hydrogen-bond donors (Lipinski definition) is 1. The Morgan fingerprint density at radius 3 is 2.30 bits per heavy atom. The fraction of sp³-hybridized carbons (Fsp3) is 0.440. The summed E-state index contributed by atoms with van der Waals surface area (Å²) in [5.74, 6) is -0.548. The lowest BCUT2D eigenvalue weighted by Crippen LogP contribution is -2.52. The Morgan fingerprint density at radius 1 is 1.05 bits per heavy atom. The second kappa shape index (κ2) is 14.1. The first-order valence-corrected chi connectivity index (χ1v) is 14.7. The molecule has 0 spiro atoms. The van der Waals surface area contributed by atoms with E-state index >= 15 is 0 Å². The van der Waals surface area contributed by atoms with E-state index in [1.54, 1.807) is 25.1 Å². The van der Waals surface area contributed by atoms with Crippen molar-refractivity contribution in [3.63, 3.8) is 0 Å². The number of nitrogens with one attached hydrogen (secondary N) is 1. The summed E-state index contributed by atoms with van der Waals surface area (Å²) in [6, 6.07) is 8.42. The third-order valence-electron chi connectivity index (χ3n) is 5.67. The van der Waals surface area contributed by atoms with Gasteiger partial charge >= 0.3 is 0 Å². The largest absolute Gasteiger partial charge is 0.495 e. The van der Waals surface area contributed by atoms with Gasteiger partial charge in [0.05, 0.1) is 24.1 Å². The topological polar surface area (TPSA) is 96.0 Å². The number of unbranched alkanes of at least 4 members (excludes halogenated alkanes) is 1. The molecular weight excluding hydrogens is 561 g/mol. The van der Waals surface area contributed by atoms with E-state index in [9.17, 15) is 18.0 Å². The molecule has 0 radical (unpaired) electrons. The molecular formula is C25H32Cl3N3O5S.